The molecule has 1 unspecified atom stereocenters. The van der Waals surface area contributed by atoms with Gasteiger partial charge in [-0.15, -0.1) is 0 Å². The topological polar surface area (TPSA) is 43.4 Å². The van der Waals surface area contributed by atoms with Gasteiger partial charge >= 0.3 is 5.97 Å². The Kier molecular flexibility index (Phi) is 5.85. The lowest BCUT2D eigenvalue weighted by atomic mass is 9.94. The van der Waals surface area contributed by atoms with Crippen molar-refractivity contribution in [2.45, 2.75) is 20.3 Å². The Bertz CT molecular complexity index is 421. The molecule has 0 aromatic heterocycles. The van der Waals surface area contributed by atoms with Gasteiger partial charge in [0.25, 0.3) is 0 Å². The van der Waals surface area contributed by atoms with Crippen molar-refractivity contribution in [2.24, 2.45) is 5.92 Å². The maximum Gasteiger partial charge on any atom is 0.317 e. The summed E-state index contributed by atoms with van der Waals surface area (Å²) in [5.41, 5.74) is 0.542. The maximum atomic E-state index is 12.2. The van der Waals surface area contributed by atoms with Crippen LogP contribution >= 0.6 is 0 Å². The van der Waals surface area contributed by atoms with Crippen molar-refractivity contribution in [3.05, 3.63) is 48.0 Å². The van der Waals surface area contributed by atoms with E-state index in [1.54, 1.807) is 31.2 Å². The molecule has 3 nitrogen and oxygen atoms in total. The largest absolute Gasteiger partial charge is 0.465 e. The van der Waals surface area contributed by atoms with Crippen molar-refractivity contribution in [1.82, 2.24) is 0 Å². The standard InChI is InChI=1S/C15H18O3/c1-3-5-11-13(15(17)18-4-2)14(16)12-9-7-6-8-10-12/h3,5-10,13H,4,11H2,1-2H3. The summed E-state index contributed by atoms with van der Waals surface area (Å²) in [7, 11) is 0. The molecule has 0 aliphatic rings. The van der Waals surface area contributed by atoms with E-state index in [1.807, 2.05) is 25.1 Å². The lowest BCUT2D eigenvalue weighted by molar-refractivity contribution is -0.146. The molecule has 96 valence electrons. The van der Waals surface area contributed by atoms with Crippen molar-refractivity contribution in [1.29, 1.82) is 0 Å². The molecule has 0 bridgehead atoms. The fraction of sp³-hybridized carbons (Fsp3) is 0.333. The Morgan fingerprint density at radius 2 is 1.94 bits per heavy atom. The smallest absolute Gasteiger partial charge is 0.317 e. The second kappa shape index (κ2) is 7.43. The summed E-state index contributed by atoms with van der Waals surface area (Å²) in [6, 6.07) is 8.83. The van der Waals surface area contributed by atoms with Gasteiger partial charge < -0.3 is 4.74 Å². The first-order valence-electron chi connectivity index (χ1n) is 6.07. The Morgan fingerprint density at radius 1 is 1.28 bits per heavy atom. The number of carbonyl (C=O) groups excluding carboxylic acids is 2. The van der Waals surface area contributed by atoms with Gasteiger partial charge in [0.15, 0.2) is 5.78 Å². The molecule has 18 heavy (non-hydrogen) atoms. The predicted octanol–water partition coefficient (Wildman–Crippen LogP) is 3.01. The molecule has 1 rings (SSSR count). The number of benzene rings is 1. The summed E-state index contributed by atoms with van der Waals surface area (Å²) in [6.45, 7) is 3.88. The van der Waals surface area contributed by atoms with E-state index in [0.717, 1.165) is 0 Å². The molecular formula is C15H18O3. The highest BCUT2D eigenvalue weighted by molar-refractivity contribution is 6.08. The molecule has 0 radical (unpaired) electrons. The van der Waals surface area contributed by atoms with Crippen LogP contribution < -0.4 is 0 Å². The van der Waals surface area contributed by atoms with Gasteiger partial charge in [-0.05, 0) is 20.3 Å². The van der Waals surface area contributed by atoms with E-state index in [2.05, 4.69) is 0 Å². The van der Waals surface area contributed by atoms with Crippen LogP contribution in [0.1, 0.15) is 30.6 Å². The van der Waals surface area contributed by atoms with Gasteiger partial charge in [-0.1, -0.05) is 42.5 Å². The van der Waals surface area contributed by atoms with Crippen LogP contribution in [0.4, 0.5) is 0 Å². The van der Waals surface area contributed by atoms with Crippen LogP contribution in [0.25, 0.3) is 0 Å². The normalized spacial score (nSPS) is 12.3. The summed E-state index contributed by atoms with van der Waals surface area (Å²) >= 11 is 0. The molecule has 0 aliphatic carbocycles. The van der Waals surface area contributed by atoms with E-state index >= 15 is 0 Å². The Balaban J connectivity index is 2.89. The zero-order chi connectivity index (χ0) is 13.4. The number of esters is 1. The average molecular weight is 246 g/mol. The molecule has 1 atom stereocenters. The highest BCUT2D eigenvalue weighted by Gasteiger charge is 2.27. The van der Waals surface area contributed by atoms with E-state index in [9.17, 15) is 9.59 Å². The molecule has 0 aliphatic heterocycles. The van der Waals surface area contributed by atoms with Crippen LogP contribution in [-0.2, 0) is 9.53 Å². The number of allylic oxidation sites excluding steroid dienone is 2. The summed E-state index contributed by atoms with van der Waals surface area (Å²) in [5.74, 6) is -1.39. The van der Waals surface area contributed by atoms with Gasteiger partial charge in [-0.25, -0.2) is 0 Å². The average Bonchev–Trinajstić information content (AvgIpc) is 2.40. The zero-order valence-electron chi connectivity index (χ0n) is 10.8. The van der Waals surface area contributed by atoms with Crippen molar-refractivity contribution < 1.29 is 14.3 Å². The lowest BCUT2D eigenvalue weighted by Crippen LogP contribution is -2.26. The van der Waals surface area contributed by atoms with Gasteiger partial charge in [0.2, 0.25) is 0 Å². The van der Waals surface area contributed by atoms with Crippen molar-refractivity contribution in [3.8, 4) is 0 Å². The van der Waals surface area contributed by atoms with Gasteiger partial charge in [-0.2, -0.15) is 0 Å². The van der Waals surface area contributed by atoms with Crippen LogP contribution in [0.5, 0.6) is 0 Å². The molecule has 0 spiro atoms. The Morgan fingerprint density at radius 3 is 2.50 bits per heavy atom. The molecule has 0 amide bonds. The monoisotopic (exact) mass is 246 g/mol. The van der Waals surface area contributed by atoms with E-state index in [4.69, 9.17) is 4.74 Å². The second-order valence-electron chi connectivity index (χ2n) is 3.84. The van der Waals surface area contributed by atoms with Gasteiger partial charge in [0.05, 0.1) is 6.61 Å². The second-order valence-corrected chi connectivity index (χ2v) is 3.84. The summed E-state index contributed by atoms with van der Waals surface area (Å²) in [4.78, 5) is 24.0. The molecule has 3 heteroatoms. The van der Waals surface area contributed by atoms with E-state index in [-0.39, 0.29) is 12.4 Å². The lowest BCUT2D eigenvalue weighted by Gasteiger charge is -2.12. The SMILES string of the molecule is CC=CCC(C(=O)OCC)C(=O)c1ccccc1. The Hall–Kier alpha value is -1.90. The molecule has 0 saturated carbocycles. The number of rotatable bonds is 6. The number of hydrogen-bond acceptors (Lipinski definition) is 3. The molecule has 0 heterocycles. The van der Waals surface area contributed by atoms with Crippen molar-refractivity contribution in [3.63, 3.8) is 0 Å². The first-order valence-corrected chi connectivity index (χ1v) is 6.07. The minimum atomic E-state index is -0.747. The third kappa shape index (κ3) is 3.84. The van der Waals surface area contributed by atoms with Gasteiger partial charge in [-0.3, -0.25) is 9.59 Å². The fourth-order valence-electron chi connectivity index (χ4n) is 1.63. The maximum absolute atomic E-state index is 12.2. The quantitative estimate of drug-likeness (QED) is 0.335. The number of carbonyl (C=O) groups is 2. The molecule has 1 aromatic rings. The van der Waals surface area contributed by atoms with Gasteiger partial charge in [0, 0.05) is 5.56 Å². The summed E-state index contributed by atoms with van der Waals surface area (Å²) in [6.07, 6.45) is 4.01. The van der Waals surface area contributed by atoms with Crippen LogP contribution in [0.2, 0.25) is 0 Å². The molecule has 0 fully saturated rings. The zero-order valence-corrected chi connectivity index (χ0v) is 10.8. The number of ketones is 1. The molecule has 0 N–H and O–H groups in total. The third-order valence-electron chi connectivity index (χ3n) is 2.55. The molecular weight excluding hydrogens is 228 g/mol. The third-order valence-corrected chi connectivity index (χ3v) is 2.55. The minimum absolute atomic E-state index is 0.188. The van der Waals surface area contributed by atoms with Crippen LogP contribution in [0.15, 0.2) is 42.5 Å². The van der Waals surface area contributed by atoms with E-state index in [0.29, 0.717) is 12.0 Å². The van der Waals surface area contributed by atoms with Crippen molar-refractivity contribution >= 4 is 11.8 Å². The highest BCUT2D eigenvalue weighted by Crippen LogP contribution is 2.15. The summed E-state index contributed by atoms with van der Waals surface area (Å²) < 4.78 is 4.95. The fourth-order valence-corrected chi connectivity index (χ4v) is 1.63. The number of ether oxygens (including phenoxy) is 1. The van der Waals surface area contributed by atoms with Crippen LogP contribution in [0.3, 0.4) is 0 Å². The number of Topliss-reactive ketones (excluding diaryl/α,β-unsaturated/α-hetero) is 1. The van der Waals surface area contributed by atoms with E-state index in [1.165, 1.54) is 0 Å². The van der Waals surface area contributed by atoms with Gasteiger partial charge in [0.1, 0.15) is 5.92 Å². The molecule has 0 saturated heterocycles. The first kappa shape index (κ1) is 14.2. The Labute approximate surface area is 107 Å². The van der Waals surface area contributed by atoms with Crippen LogP contribution in [0, 0.1) is 5.92 Å². The molecule has 1 aromatic carbocycles. The number of hydrogen-bond donors (Lipinski definition) is 0. The van der Waals surface area contributed by atoms with E-state index < -0.39 is 11.9 Å². The van der Waals surface area contributed by atoms with Crippen LogP contribution in [-0.4, -0.2) is 18.4 Å². The van der Waals surface area contributed by atoms with Crippen molar-refractivity contribution in [2.75, 3.05) is 6.61 Å². The predicted molar refractivity (Wildman–Crippen MR) is 70.3 cm³/mol. The first-order chi connectivity index (χ1) is 8.70. The summed E-state index contributed by atoms with van der Waals surface area (Å²) in [5, 5.41) is 0. The minimum Gasteiger partial charge on any atom is -0.465 e. The highest BCUT2D eigenvalue weighted by atomic mass is 16.5.